The van der Waals surface area contributed by atoms with E-state index in [1.165, 1.54) is 55.2 Å². The third kappa shape index (κ3) is 2.13. The summed E-state index contributed by atoms with van der Waals surface area (Å²) in [5.74, 6) is 0. The molecule has 0 atom stereocenters. The Hall–Kier alpha value is -3.32. The second-order valence-corrected chi connectivity index (χ2v) is 7.70. The van der Waals surface area contributed by atoms with E-state index < -0.39 is 0 Å². The number of para-hydroxylation sites is 1. The van der Waals surface area contributed by atoms with Crippen LogP contribution in [-0.2, 0) is 13.0 Å². The summed E-state index contributed by atoms with van der Waals surface area (Å²) in [6.45, 7) is 3.20. The van der Waals surface area contributed by atoms with Crippen molar-refractivity contribution < 1.29 is 0 Å². The Kier molecular flexibility index (Phi) is 3.28. The molecule has 0 saturated heterocycles. The maximum Gasteiger partial charge on any atom is 0.0497 e. The first kappa shape index (κ1) is 15.7. The van der Waals surface area contributed by atoms with E-state index in [2.05, 4.69) is 96.4 Å². The van der Waals surface area contributed by atoms with Gasteiger partial charge in [0.2, 0.25) is 0 Å². The number of hydrogen-bond acceptors (Lipinski definition) is 0. The summed E-state index contributed by atoms with van der Waals surface area (Å²) in [6, 6.07) is 31.4. The van der Waals surface area contributed by atoms with Gasteiger partial charge in [-0.25, -0.2) is 0 Å². The maximum absolute atomic E-state index is 2.43. The van der Waals surface area contributed by atoms with Crippen LogP contribution in [0.1, 0.15) is 18.1 Å². The predicted molar refractivity (Wildman–Crippen MR) is 119 cm³/mol. The van der Waals surface area contributed by atoms with Crippen LogP contribution in [0.4, 0.5) is 0 Å². The van der Waals surface area contributed by atoms with Crippen molar-refractivity contribution in [1.82, 2.24) is 4.57 Å². The first-order chi connectivity index (χ1) is 13.8. The number of aryl methyl sites for hydroxylation is 1. The largest absolute Gasteiger partial charge is 0.341 e. The van der Waals surface area contributed by atoms with Crippen molar-refractivity contribution in [3.63, 3.8) is 0 Å². The van der Waals surface area contributed by atoms with Gasteiger partial charge < -0.3 is 4.57 Å². The SMILES string of the molecule is CCn1c2ccccc2c2ccc(-c3ccc4c(c3)-c3ccccc3C4)cc21. The van der Waals surface area contributed by atoms with Gasteiger partial charge in [-0.1, -0.05) is 66.7 Å². The molecule has 5 aromatic rings. The zero-order chi connectivity index (χ0) is 18.7. The van der Waals surface area contributed by atoms with Crippen molar-refractivity contribution in [2.75, 3.05) is 0 Å². The van der Waals surface area contributed by atoms with Crippen LogP contribution in [0.3, 0.4) is 0 Å². The van der Waals surface area contributed by atoms with E-state index in [1.54, 1.807) is 0 Å². The smallest absolute Gasteiger partial charge is 0.0497 e. The van der Waals surface area contributed by atoms with E-state index in [-0.39, 0.29) is 0 Å². The zero-order valence-corrected chi connectivity index (χ0v) is 15.9. The van der Waals surface area contributed by atoms with Gasteiger partial charge in [-0.3, -0.25) is 0 Å². The van der Waals surface area contributed by atoms with Gasteiger partial charge >= 0.3 is 0 Å². The lowest BCUT2D eigenvalue weighted by Gasteiger charge is -2.08. The monoisotopic (exact) mass is 359 g/mol. The van der Waals surface area contributed by atoms with Crippen LogP contribution in [-0.4, -0.2) is 4.57 Å². The van der Waals surface area contributed by atoms with Crippen molar-refractivity contribution in [1.29, 1.82) is 0 Å². The lowest BCUT2D eigenvalue weighted by atomic mass is 9.98. The summed E-state index contributed by atoms with van der Waals surface area (Å²) in [7, 11) is 0. The van der Waals surface area contributed by atoms with Gasteiger partial charge in [0.25, 0.3) is 0 Å². The van der Waals surface area contributed by atoms with E-state index in [9.17, 15) is 0 Å². The molecule has 0 N–H and O–H groups in total. The van der Waals surface area contributed by atoms with Gasteiger partial charge in [-0.2, -0.15) is 0 Å². The molecule has 134 valence electrons. The Bertz CT molecular complexity index is 1370. The first-order valence-electron chi connectivity index (χ1n) is 10.1. The van der Waals surface area contributed by atoms with Crippen molar-refractivity contribution in [2.24, 2.45) is 0 Å². The molecule has 4 aromatic carbocycles. The summed E-state index contributed by atoms with van der Waals surface area (Å²) >= 11 is 0. The highest BCUT2D eigenvalue weighted by Crippen LogP contribution is 2.39. The molecule has 1 heteroatoms. The molecule has 0 radical (unpaired) electrons. The van der Waals surface area contributed by atoms with Crippen LogP contribution < -0.4 is 0 Å². The lowest BCUT2D eigenvalue weighted by Crippen LogP contribution is -1.93. The molecular formula is C27H21N. The van der Waals surface area contributed by atoms with Crippen LogP contribution in [0.15, 0.2) is 84.9 Å². The summed E-state index contributed by atoms with van der Waals surface area (Å²) < 4.78 is 2.43. The molecule has 1 aliphatic rings. The van der Waals surface area contributed by atoms with Crippen molar-refractivity contribution in [2.45, 2.75) is 19.9 Å². The zero-order valence-electron chi connectivity index (χ0n) is 15.9. The number of nitrogens with zero attached hydrogens (tertiary/aromatic N) is 1. The molecule has 0 spiro atoms. The molecule has 0 saturated carbocycles. The molecule has 28 heavy (non-hydrogen) atoms. The van der Waals surface area contributed by atoms with Gasteiger partial charge in [0.05, 0.1) is 0 Å². The Morgan fingerprint density at radius 2 is 1.36 bits per heavy atom. The van der Waals surface area contributed by atoms with E-state index in [0.717, 1.165) is 13.0 Å². The molecule has 6 rings (SSSR count). The molecule has 1 aromatic heterocycles. The minimum absolute atomic E-state index is 0.977. The molecule has 0 bridgehead atoms. The van der Waals surface area contributed by atoms with Gasteiger partial charge in [-0.15, -0.1) is 0 Å². The van der Waals surface area contributed by atoms with Gasteiger partial charge in [-0.05, 0) is 64.9 Å². The van der Waals surface area contributed by atoms with Crippen LogP contribution >= 0.6 is 0 Å². The van der Waals surface area contributed by atoms with Crippen LogP contribution in [0, 0.1) is 0 Å². The van der Waals surface area contributed by atoms with Crippen molar-refractivity contribution in [3.8, 4) is 22.3 Å². The minimum Gasteiger partial charge on any atom is -0.341 e. The summed E-state index contributed by atoms with van der Waals surface area (Å²) in [5.41, 5.74) is 10.9. The van der Waals surface area contributed by atoms with E-state index in [1.807, 2.05) is 0 Å². The van der Waals surface area contributed by atoms with Gasteiger partial charge in [0, 0.05) is 28.4 Å². The van der Waals surface area contributed by atoms with Gasteiger partial charge in [0.15, 0.2) is 0 Å². The third-order valence-corrected chi connectivity index (χ3v) is 6.22. The minimum atomic E-state index is 0.977. The molecule has 0 unspecified atom stereocenters. The quantitative estimate of drug-likeness (QED) is 0.312. The number of fused-ring (bicyclic) bond motifs is 6. The fraction of sp³-hybridized carbons (Fsp3) is 0.111. The summed E-state index contributed by atoms with van der Waals surface area (Å²) in [5, 5.41) is 2.68. The normalized spacial score (nSPS) is 12.5. The third-order valence-electron chi connectivity index (χ3n) is 6.22. The van der Waals surface area contributed by atoms with E-state index in [4.69, 9.17) is 0 Å². The van der Waals surface area contributed by atoms with E-state index in [0.29, 0.717) is 0 Å². The lowest BCUT2D eigenvalue weighted by molar-refractivity contribution is 0.827. The molecule has 1 nitrogen and oxygen atoms in total. The molecule has 1 heterocycles. The number of rotatable bonds is 2. The highest BCUT2D eigenvalue weighted by Gasteiger charge is 2.18. The number of hydrogen-bond donors (Lipinski definition) is 0. The maximum atomic E-state index is 2.43. The summed E-state index contributed by atoms with van der Waals surface area (Å²) in [6.07, 6.45) is 1.05. The van der Waals surface area contributed by atoms with Crippen molar-refractivity contribution in [3.05, 3.63) is 96.1 Å². The Morgan fingerprint density at radius 3 is 2.29 bits per heavy atom. The van der Waals surface area contributed by atoms with Crippen molar-refractivity contribution >= 4 is 21.8 Å². The molecule has 0 fully saturated rings. The fourth-order valence-electron chi connectivity index (χ4n) is 4.87. The Morgan fingerprint density at radius 1 is 0.643 bits per heavy atom. The molecule has 1 aliphatic carbocycles. The van der Waals surface area contributed by atoms with Gasteiger partial charge in [0.1, 0.15) is 0 Å². The molecule has 0 amide bonds. The highest BCUT2D eigenvalue weighted by molar-refractivity contribution is 6.09. The average Bonchev–Trinajstić information content (AvgIpc) is 3.28. The standard InChI is InChI=1S/C27H21N/c1-2-28-26-10-6-5-9-23(26)24-14-13-19(17-27(24)28)18-11-12-21-15-20-7-3-4-8-22(20)25(21)16-18/h3-14,16-17H,2,15H2,1H3. The Labute approximate surface area is 164 Å². The fourth-order valence-corrected chi connectivity index (χ4v) is 4.87. The second kappa shape index (κ2) is 5.84. The first-order valence-corrected chi connectivity index (χ1v) is 10.1. The highest BCUT2D eigenvalue weighted by atomic mass is 15.0. The van der Waals surface area contributed by atoms with E-state index >= 15 is 0 Å². The Balaban J connectivity index is 1.56. The molecular weight excluding hydrogens is 338 g/mol. The van der Waals surface area contributed by atoms with Crippen LogP contribution in [0.25, 0.3) is 44.1 Å². The molecule has 0 aliphatic heterocycles. The van der Waals surface area contributed by atoms with Crippen LogP contribution in [0.2, 0.25) is 0 Å². The predicted octanol–water partition coefficient (Wildman–Crippen LogP) is 7.05. The number of aromatic nitrogens is 1. The second-order valence-electron chi connectivity index (χ2n) is 7.70. The topological polar surface area (TPSA) is 4.93 Å². The average molecular weight is 359 g/mol. The van der Waals surface area contributed by atoms with Crippen LogP contribution in [0.5, 0.6) is 0 Å². The number of benzene rings is 4. The summed E-state index contributed by atoms with van der Waals surface area (Å²) in [4.78, 5) is 0.